The minimum atomic E-state index is -0.440. The SMILES string of the molecule is COc1cc(B2OC(C)(C)C(C)(C)O2)ccc1Oc1cccc(C)n1. The molecule has 0 spiro atoms. The standard InChI is InChI=1S/C19H24BNO4/c1-13-8-7-9-17(21-13)23-15-11-10-14(12-16(15)22-6)20-24-18(2,3)19(4,5)25-20/h7-12H,1-6H3. The Hall–Kier alpha value is -2.05. The molecule has 0 atom stereocenters. The Bertz CT molecular complexity index is 760. The summed E-state index contributed by atoms with van der Waals surface area (Å²) in [6.45, 7) is 10.1. The Kier molecular flexibility index (Phi) is 4.52. The Labute approximate surface area is 149 Å². The molecule has 0 saturated carbocycles. The quantitative estimate of drug-likeness (QED) is 0.797. The molecule has 1 aliphatic rings. The highest BCUT2D eigenvalue weighted by molar-refractivity contribution is 6.62. The van der Waals surface area contributed by atoms with Gasteiger partial charge in [-0.25, -0.2) is 4.98 Å². The van der Waals surface area contributed by atoms with Crippen molar-refractivity contribution in [3.05, 3.63) is 42.1 Å². The van der Waals surface area contributed by atoms with Gasteiger partial charge in [0.1, 0.15) is 0 Å². The second-order valence-corrected chi connectivity index (χ2v) is 7.22. The molecule has 3 rings (SSSR count). The van der Waals surface area contributed by atoms with Crippen molar-refractivity contribution in [3.8, 4) is 17.4 Å². The summed E-state index contributed by atoms with van der Waals surface area (Å²) in [4.78, 5) is 4.35. The maximum absolute atomic E-state index is 6.09. The molecule has 0 unspecified atom stereocenters. The van der Waals surface area contributed by atoms with Crippen molar-refractivity contribution >= 4 is 12.6 Å². The van der Waals surface area contributed by atoms with E-state index in [0.717, 1.165) is 11.2 Å². The average molecular weight is 341 g/mol. The van der Waals surface area contributed by atoms with E-state index in [1.807, 2.05) is 71.0 Å². The van der Waals surface area contributed by atoms with Crippen LogP contribution in [0.25, 0.3) is 0 Å². The fraction of sp³-hybridized carbons (Fsp3) is 0.421. The van der Waals surface area contributed by atoms with E-state index in [1.165, 1.54) is 0 Å². The topological polar surface area (TPSA) is 49.8 Å². The van der Waals surface area contributed by atoms with Gasteiger partial charge in [-0.3, -0.25) is 0 Å². The van der Waals surface area contributed by atoms with E-state index < -0.39 is 7.12 Å². The molecule has 1 aliphatic heterocycles. The van der Waals surface area contributed by atoms with Crippen LogP contribution in [0.4, 0.5) is 0 Å². The Balaban J connectivity index is 1.85. The molecule has 6 heteroatoms. The van der Waals surface area contributed by atoms with E-state index in [0.29, 0.717) is 17.4 Å². The number of rotatable bonds is 4. The maximum atomic E-state index is 6.09. The third kappa shape index (κ3) is 3.50. The summed E-state index contributed by atoms with van der Waals surface area (Å²) in [6, 6.07) is 11.3. The zero-order chi connectivity index (χ0) is 18.2. The van der Waals surface area contributed by atoms with Crippen LogP contribution in [0.2, 0.25) is 0 Å². The molecule has 0 amide bonds. The minimum Gasteiger partial charge on any atom is -0.493 e. The molecule has 0 aliphatic carbocycles. The molecular formula is C19H24BNO4. The fourth-order valence-corrected chi connectivity index (χ4v) is 2.58. The average Bonchev–Trinajstić information content (AvgIpc) is 2.76. The van der Waals surface area contributed by atoms with Crippen LogP contribution >= 0.6 is 0 Å². The Morgan fingerprint density at radius 1 is 0.960 bits per heavy atom. The molecule has 0 radical (unpaired) electrons. The lowest BCUT2D eigenvalue weighted by Gasteiger charge is -2.32. The fourth-order valence-electron chi connectivity index (χ4n) is 2.58. The van der Waals surface area contributed by atoms with Crippen molar-refractivity contribution in [2.24, 2.45) is 0 Å². The number of ether oxygens (including phenoxy) is 2. The first-order valence-corrected chi connectivity index (χ1v) is 8.37. The van der Waals surface area contributed by atoms with Crippen LogP contribution in [0.3, 0.4) is 0 Å². The lowest BCUT2D eigenvalue weighted by atomic mass is 9.79. The molecule has 5 nitrogen and oxygen atoms in total. The molecule has 1 aromatic heterocycles. The van der Waals surface area contributed by atoms with Crippen LogP contribution in [0, 0.1) is 6.92 Å². The third-order valence-electron chi connectivity index (χ3n) is 4.79. The molecule has 2 aromatic rings. The highest BCUT2D eigenvalue weighted by atomic mass is 16.7. The molecule has 1 fully saturated rings. The van der Waals surface area contributed by atoms with Gasteiger partial charge in [0.2, 0.25) is 5.88 Å². The first kappa shape index (κ1) is 17.8. The van der Waals surface area contributed by atoms with E-state index in [-0.39, 0.29) is 11.2 Å². The smallest absolute Gasteiger partial charge is 0.493 e. The van der Waals surface area contributed by atoms with Crippen molar-refractivity contribution in [2.75, 3.05) is 7.11 Å². The summed E-state index contributed by atoms with van der Waals surface area (Å²) in [7, 11) is 1.17. The van der Waals surface area contributed by atoms with Gasteiger partial charge in [-0.1, -0.05) is 12.1 Å². The number of pyridine rings is 1. The minimum absolute atomic E-state index is 0.383. The number of aryl methyl sites for hydroxylation is 1. The third-order valence-corrected chi connectivity index (χ3v) is 4.79. The van der Waals surface area contributed by atoms with Crippen molar-refractivity contribution < 1.29 is 18.8 Å². The first-order chi connectivity index (χ1) is 11.7. The zero-order valence-corrected chi connectivity index (χ0v) is 15.6. The van der Waals surface area contributed by atoms with Crippen LogP contribution in [0.15, 0.2) is 36.4 Å². The molecule has 132 valence electrons. The summed E-state index contributed by atoms with van der Waals surface area (Å²) < 4.78 is 23.5. The van der Waals surface area contributed by atoms with Gasteiger partial charge in [0.25, 0.3) is 0 Å². The summed E-state index contributed by atoms with van der Waals surface area (Å²) in [5, 5.41) is 0. The van der Waals surface area contributed by atoms with Crippen LogP contribution < -0.4 is 14.9 Å². The van der Waals surface area contributed by atoms with Crippen molar-refractivity contribution in [1.29, 1.82) is 0 Å². The summed E-state index contributed by atoms with van der Waals surface area (Å²) >= 11 is 0. The number of benzene rings is 1. The van der Waals surface area contributed by atoms with Crippen LogP contribution in [-0.4, -0.2) is 30.4 Å². The van der Waals surface area contributed by atoms with E-state index >= 15 is 0 Å². The van der Waals surface area contributed by atoms with E-state index in [1.54, 1.807) is 7.11 Å². The van der Waals surface area contributed by atoms with Gasteiger partial charge in [-0.2, -0.15) is 0 Å². The highest BCUT2D eigenvalue weighted by Crippen LogP contribution is 2.37. The molecule has 1 aromatic carbocycles. The van der Waals surface area contributed by atoms with Gasteiger partial charge >= 0.3 is 7.12 Å². The lowest BCUT2D eigenvalue weighted by Crippen LogP contribution is -2.41. The highest BCUT2D eigenvalue weighted by Gasteiger charge is 2.51. The number of methoxy groups -OCH3 is 1. The molecule has 0 N–H and O–H groups in total. The van der Waals surface area contributed by atoms with Gasteiger partial charge in [0, 0.05) is 11.8 Å². The molecular weight excluding hydrogens is 317 g/mol. The maximum Gasteiger partial charge on any atom is 0.494 e. The lowest BCUT2D eigenvalue weighted by molar-refractivity contribution is 0.00578. The second kappa shape index (κ2) is 6.35. The summed E-state index contributed by atoms with van der Waals surface area (Å²) in [6.07, 6.45) is 0. The molecule has 0 bridgehead atoms. The van der Waals surface area contributed by atoms with Gasteiger partial charge < -0.3 is 18.8 Å². The Morgan fingerprint density at radius 2 is 1.64 bits per heavy atom. The second-order valence-electron chi connectivity index (χ2n) is 7.22. The van der Waals surface area contributed by atoms with E-state index in [4.69, 9.17) is 18.8 Å². The van der Waals surface area contributed by atoms with E-state index in [9.17, 15) is 0 Å². The van der Waals surface area contributed by atoms with Crippen LogP contribution in [0.5, 0.6) is 17.4 Å². The van der Waals surface area contributed by atoms with Crippen LogP contribution in [0.1, 0.15) is 33.4 Å². The van der Waals surface area contributed by atoms with Gasteiger partial charge in [-0.15, -0.1) is 0 Å². The first-order valence-electron chi connectivity index (χ1n) is 8.37. The zero-order valence-electron chi connectivity index (χ0n) is 15.6. The molecule has 25 heavy (non-hydrogen) atoms. The molecule has 2 heterocycles. The monoisotopic (exact) mass is 341 g/mol. The normalized spacial score (nSPS) is 18.2. The summed E-state index contributed by atoms with van der Waals surface area (Å²) in [5.74, 6) is 1.73. The molecule has 1 saturated heterocycles. The number of hydrogen-bond donors (Lipinski definition) is 0. The summed E-state index contributed by atoms with van der Waals surface area (Å²) in [5.41, 5.74) is 1.02. The van der Waals surface area contributed by atoms with Crippen molar-refractivity contribution in [1.82, 2.24) is 4.98 Å². The van der Waals surface area contributed by atoms with Gasteiger partial charge in [0.15, 0.2) is 11.5 Å². The predicted molar refractivity (Wildman–Crippen MR) is 97.8 cm³/mol. The Morgan fingerprint density at radius 3 is 2.24 bits per heavy atom. The van der Waals surface area contributed by atoms with Crippen molar-refractivity contribution in [2.45, 2.75) is 45.8 Å². The number of nitrogens with zero attached hydrogens (tertiary/aromatic N) is 1. The largest absolute Gasteiger partial charge is 0.494 e. The van der Waals surface area contributed by atoms with Crippen LogP contribution in [-0.2, 0) is 9.31 Å². The van der Waals surface area contributed by atoms with Gasteiger partial charge in [-0.05, 0) is 58.3 Å². The number of aromatic nitrogens is 1. The van der Waals surface area contributed by atoms with Gasteiger partial charge in [0.05, 0.1) is 18.3 Å². The van der Waals surface area contributed by atoms with Crippen molar-refractivity contribution in [3.63, 3.8) is 0 Å². The van der Waals surface area contributed by atoms with E-state index in [2.05, 4.69) is 4.98 Å². The number of hydrogen-bond acceptors (Lipinski definition) is 5. The predicted octanol–water partition coefficient (Wildman–Crippen LogP) is 3.49.